The van der Waals surface area contributed by atoms with Crippen molar-refractivity contribution >= 4 is 27.8 Å². The van der Waals surface area contributed by atoms with Gasteiger partial charge in [0.25, 0.3) is 0 Å². The number of methoxy groups -OCH3 is 1. The number of aryl methyl sites for hydroxylation is 2. The molecule has 4 aromatic rings. The number of carbonyl (C=O) groups excluding carboxylic acids is 1. The first kappa shape index (κ1) is 16.5. The standard InChI is InChI=1S/C22H22N2O2/c1-13-6-4-8-15-18(11-23-21(13)15)17(10-20(25)26-3)19-12-24-22-14(2)7-5-9-16(19)22/h4-9,11-12,17,23-24H,10H2,1-3H3. The van der Waals surface area contributed by atoms with Crippen LogP contribution in [0.3, 0.4) is 0 Å². The number of nitrogens with one attached hydrogen (secondary N) is 2. The number of esters is 1. The molecule has 2 aromatic heterocycles. The minimum absolute atomic E-state index is 0.0754. The fourth-order valence-corrected chi connectivity index (χ4v) is 3.87. The molecule has 26 heavy (non-hydrogen) atoms. The highest BCUT2D eigenvalue weighted by atomic mass is 16.5. The van der Waals surface area contributed by atoms with Crippen LogP contribution in [0.25, 0.3) is 21.8 Å². The molecule has 0 atom stereocenters. The van der Waals surface area contributed by atoms with Crippen LogP contribution >= 0.6 is 0 Å². The molecule has 0 saturated heterocycles. The average Bonchev–Trinajstić information content (AvgIpc) is 3.26. The molecule has 0 bridgehead atoms. The molecule has 132 valence electrons. The zero-order valence-corrected chi connectivity index (χ0v) is 15.2. The molecular formula is C22H22N2O2. The Morgan fingerprint density at radius 2 is 1.42 bits per heavy atom. The van der Waals surface area contributed by atoms with Crippen LogP contribution in [0, 0.1) is 13.8 Å². The number of para-hydroxylation sites is 2. The Morgan fingerprint density at radius 1 is 0.923 bits per heavy atom. The highest BCUT2D eigenvalue weighted by Crippen LogP contribution is 2.38. The van der Waals surface area contributed by atoms with Gasteiger partial charge < -0.3 is 14.7 Å². The highest BCUT2D eigenvalue weighted by molar-refractivity contribution is 5.91. The lowest BCUT2D eigenvalue weighted by Gasteiger charge is -2.15. The normalized spacial score (nSPS) is 11.5. The zero-order valence-electron chi connectivity index (χ0n) is 15.2. The van der Waals surface area contributed by atoms with Crippen molar-refractivity contribution in [1.82, 2.24) is 9.97 Å². The molecule has 0 saturated carbocycles. The second-order valence-electron chi connectivity index (χ2n) is 6.82. The van der Waals surface area contributed by atoms with Gasteiger partial charge in [-0.15, -0.1) is 0 Å². The average molecular weight is 346 g/mol. The molecule has 0 aliphatic heterocycles. The lowest BCUT2D eigenvalue weighted by Crippen LogP contribution is -2.09. The number of ether oxygens (including phenoxy) is 1. The monoisotopic (exact) mass is 346 g/mol. The molecule has 2 N–H and O–H groups in total. The van der Waals surface area contributed by atoms with Gasteiger partial charge in [-0.2, -0.15) is 0 Å². The minimum atomic E-state index is -0.209. The van der Waals surface area contributed by atoms with E-state index < -0.39 is 0 Å². The van der Waals surface area contributed by atoms with E-state index in [-0.39, 0.29) is 11.9 Å². The van der Waals surface area contributed by atoms with Crippen LogP contribution in [0.1, 0.15) is 34.6 Å². The smallest absolute Gasteiger partial charge is 0.306 e. The van der Waals surface area contributed by atoms with Gasteiger partial charge in [0.15, 0.2) is 0 Å². The Labute approximate surface area is 152 Å². The SMILES string of the molecule is COC(=O)CC(c1c[nH]c2c(C)cccc12)c1c[nH]c2c(C)cccc12. The number of aromatic nitrogens is 2. The third kappa shape index (κ3) is 2.58. The van der Waals surface area contributed by atoms with Gasteiger partial charge in [-0.05, 0) is 36.1 Å². The van der Waals surface area contributed by atoms with Crippen molar-refractivity contribution in [3.05, 3.63) is 71.0 Å². The van der Waals surface area contributed by atoms with E-state index in [4.69, 9.17) is 4.74 Å². The van der Waals surface area contributed by atoms with E-state index in [0.717, 1.165) is 32.9 Å². The van der Waals surface area contributed by atoms with Crippen molar-refractivity contribution in [2.24, 2.45) is 0 Å². The first-order chi connectivity index (χ1) is 12.6. The van der Waals surface area contributed by atoms with Gasteiger partial charge in [-0.25, -0.2) is 0 Å². The molecule has 4 nitrogen and oxygen atoms in total. The fourth-order valence-electron chi connectivity index (χ4n) is 3.87. The summed E-state index contributed by atoms with van der Waals surface area (Å²) < 4.78 is 4.99. The lowest BCUT2D eigenvalue weighted by molar-refractivity contribution is -0.140. The van der Waals surface area contributed by atoms with E-state index in [1.54, 1.807) is 0 Å². The van der Waals surface area contributed by atoms with E-state index in [1.165, 1.54) is 18.2 Å². The molecule has 4 rings (SSSR count). The molecular weight excluding hydrogens is 324 g/mol. The van der Waals surface area contributed by atoms with Gasteiger partial charge >= 0.3 is 5.97 Å². The molecule has 0 radical (unpaired) electrons. The second-order valence-corrected chi connectivity index (χ2v) is 6.82. The quantitative estimate of drug-likeness (QED) is 0.513. The van der Waals surface area contributed by atoms with Crippen LogP contribution in [-0.4, -0.2) is 23.0 Å². The summed E-state index contributed by atoms with van der Waals surface area (Å²) in [6.45, 7) is 4.18. The molecule has 4 heteroatoms. The van der Waals surface area contributed by atoms with Crippen LogP contribution in [-0.2, 0) is 9.53 Å². The molecule has 0 aliphatic carbocycles. The van der Waals surface area contributed by atoms with Crippen LogP contribution in [0.5, 0.6) is 0 Å². The predicted octanol–water partition coefficient (Wildman–Crippen LogP) is 4.96. The summed E-state index contributed by atoms with van der Waals surface area (Å²) in [7, 11) is 1.44. The minimum Gasteiger partial charge on any atom is -0.469 e. The van der Waals surface area contributed by atoms with Gasteiger partial charge in [-0.3, -0.25) is 4.79 Å². The summed E-state index contributed by atoms with van der Waals surface area (Å²) in [6, 6.07) is 12.5. The highest BCUT2D eigenvalue weighted by Gasteiger charge is 2.24. The number of benzene rings is 2. The molecule has 0 spiro atoms. The largest absolute Gasteiger partial charge is 0.469 e. The van der Waals surface area contributed by atoms with Gasteiger partial charge in [0.05, 0.1) is 13.5 Å². The third-order valence-electron chi connectivity index (χ3n) is 5.26. The number of carbonyl (C=O) groups is 1. The predicted molar refractivity (Wildman–Crippen MR) is 105 cm³/mol. The number of rotatable bonds is 4. The summed E-state index contributed by atoms with van der Waals surface area (Å²) in [5.74, 6) is -0.285. The fraction of sp³-hybridized carbons (Fsp3) is 0.227. The van der Waals surface area contributed by atoms with Crippen molar-refractivity contribution in [3.8, 4) is 0 Å². The Bertz CT molecular complexity index is 1020. The number of fused-ring (bicyclic) bond motifs is 2. The molecule has 0 aliphatic rings. The Kier molecular flexibility index (Phi) is 4.03. The lowest BCUT2D eigenvalue weighted by atomic mass is 9.87. The van der Waals surface area contributed by atoms with Gasteiger partial charge in [0, 0.05) is 40.1 Å². The van der Waals surface area contributed by atoms with E-state index in [9.17, 15) is 4.79 Å². The van der Waals surface area contributed by atoms with Crippen LogP contribution < -0.4 is 0 Å². The maximum absolute atomic E-state index is 12.2. The van der Waals surface area contributed by atoms with Crippen molar-refractivity contribution in [1.29, 1.82) is 0 Å². The van der Waals surface area contributed by atoms with E-state index in [2.05, 4.69) is 60.2 Å². The molecule has 2 heterocycles. The number of H-pyrrole nitrogens is 2. The summed E-state index contributed by atoms with van der Waals surface area (Å²) in [5, 5.41) is 2.31. The number of aromatic amines is 2. The van der Waals surface area contributed by atoms with E-state index in [0.29, 0.717) is 6.42 Å². The number of hydrogen-bond donors (Lipinski definition) is 2. The Balaban J connectivity index is 1.93. The molecule has 0 fully saturated rings. The molecule has 2 aromatic carbocycles. The van der Waals surface area contributed by atoms with Crippen LogP contribution in [0.4, 0.5) is 0 Å². The maximum atomic E-state index is 12.2. The zero-order chi connectivity index (χ0) is 18.3. The van der Waals surface area contributed by atoms with Gasteiger partial charge in [-0.1, -0.05) is 36.4 Å². The Hall–Kier alpha value is -3.01. The van der Waals surface area contributed by atoms with Crippen LogP contribution in [0.15, 0.2) is 48.8 Å². The first-order valence-corrected chi connectivity index (χ1v) is 8.80. The van der Waals surface area contributed by atoms with Crippen molar-refractivity contribution in [2.75, 3.05) is 7.11 Å². The van der Waals surface area contributed by atoms with Gasteiger partial charge in [0.2, 0.25) is 0 Å². The summed E-state index contributed by atoms with van der Waals surface area (Å²) >= 11 is 0. The summed E-state index contributed by atoms with van der Waals surface area (Å²) in [5.41, 5.74) is 6.87. The topological polar surface area (TPSA) is 57.9 Å². The maximum Gasteiger partial charge on any atom is 0.306 e. The summed E-state index contributed by atoms with van der Waals surface area (Å²) in [6.07, 6.45) is 4.36. The first-order valence-electron chi connectivity index (χ1n) is 8.80. The van der Waals surface area contributed by atoms with Crippen molar-refractivity contribution in [3.63, 3.8) is 0 Å². The molecule has 0 amide bonds. The third-order valence-corrected chi connectivity index (χ3v) is 5.26. The van der Waals surface area contributed by atoms with Crippen LogP contribution in [0.2, 0.25) is 0 Å². The second kappa shape index (κ2) is 6.37. The Morgan fingerprint density at radius 3 is 1.88 bits per heavy atom. The van der Waals surface area contributed by atoms with Crippen molar-refractivity contribution in [2.45, 2.75) is 26.2 Å². The number of hydrogen-bond acceptors (Lipinski definition) is 2. The van der Waals surface area contributed by atoms with E-state index >= 15 is 0 Å². The van der Waals surface area contributed by atoms with Gasteiger partial charge in [0.1, 0.15) is 0 Å². The molecule has 0 unspecified atom stereocenters. The van der Waals surface area contributed by atoms with Crippen molar-refractivity contribution < 1.29 is 9.53 Å². The van der Waals surface area contributed by atoms with E-state index in [1.807, 2.05) is 12.4 Å². The summed E-state index contributed by atoms with van der Waals surface area (Å²) in [4.78, 5) is 19.0.